The minimum absolute atomic E-state index is 0.106. The molecule has 1 saturated carbocycles. The zero-order valence-electron chi connectivity index (χ0n) is 12.8. The number of nitrogens with one attached hydrogen (secondary N) is 1. The standard InChI is InChI=1S/C16H23NO4/c1-10-6-4-7-13(11(10)2)17-15(18)12(3)21-16(19)14-8-5-9-20-14/h5,8-13H,4,6-7H2,1-3H3,(H,17,18)/t10-,11+,12+,13-/m0/s1. The molecular weight excluding hydrogens is 270 g/mol. The average molecular weight is 293 g/mol. The van der Waals surface area contributed by atoms with Crippen LogP contribution in [0.2, 0.25) is 0 Å². The fourth-order valence-corrected chi connectivity index (χ4v) is 2.75. The number of hydrogen-bond acceptors (Lipinski definition) is 4. The van der Waals surface area contributed by atoms with E-state index in [0.717, 1.165) is 12.8 Å². The van der Waals surface area contributed by atoms with Crippen LogP contribution >= 0.6 is 0 Å². The largest absolute Gasteiger partial charge is 0.457 e. The van der Waals surface area contributed by atoms with Gasteiger partial charge in [-0.25, -0.2) is 4.79 Å². The Kier molecular flexibility index (Phi) is 5.04. The van der Waals surface area contributed by atoms with E-state index in [4.69, 9.17) is 9.15 Å². The Morgan fingerprint density at radius 1 is 1.38 bits per heavy atom. The fraction of sp³-hybridized carbons (Fsp3) is 0.625. The molecule has 5 heteroatoms. The van der Waals surface area contributed by atoms with Crippen molar-refractivity contribution in [2.75, 3.05) is 0 Å². The van der Waals surface area contributed by atoms with Crippen molar-refractivity contribution >= 4 is 11.9 Å². The highest BCUT2D eigenvalue weighted by atomic mass is 16.6. The maximum Gasteiger partial charge on any atom is 0.374 e. The molecule has 0 aliphatic heterocycles. The van der Waals surface area contributed by atoms with E-state index in [2.05, 4.69) is 19.2 Å². The van der Waals surface area contributed by atoms with Gasteiger partial charge in [-0.1, -0.05) is 26.7 Å². The van der Waals surface area contributed by atoms with Crippen LogP contribution in [0.1, 0.15) is 50.6 Å². The van der Waals surface area contributed by atoms with Gasteiger partial charge in [0, 0.05) is 6.04 Å². The Morgan fingerprint density at radius 2 is 2.14 bits per heavy atom. The van der Waals surface area contributed by atoms with Gasteiger partial charge in [-0.05, 0) is 37.3 Å². The van der Waals surface area contributed by atoms with Crippen LogP contribution in [0.3, 0.4) is 0 Å². The lowest BCUT2D eigenvalue weighted by Crippen LogP contribution is -2.47. The van der Waals surface area contributed by atoms with Crippen molar-refractivity contribution in [1.29, 1.82) is 0 Å². The van der Waals surface area contributed by atoms with E-state index < -0.39 is 12.1 Å². The predicted molar refractivity (Wildman–Crippen MR) is 77.7 cm³/mol. The molecule has 1 heterocycles. The highest BCUT2D eigenvalue weighted by molar-refractivity contribution is 5.90. The SMILES string of the molecule is C[C@H]1[C@@H](NC(=O)[C@@H](C)OC(=O)c2ccco2)CCC[C@@H]1C. The Morgan fingerprint density at radius 3 is 2.81 bits per heavy atom. The molecule has 116 valence electrons. The van der Waals surface area contributed by atoms with Gasteiger partial charge in [0.15, 0.2) is 6.10 Å². The molecule has 0 spiro atoms. The van der Waals surface area contributed by atoms with Gasteiger partial charge in [0.2, 0.25) is 5.76 Å². The maximum atomic E-state index is 12.1. The summed E-state index contributed by atoms with van der Waals surface area (Å²) in [5.74, 6) is 0.281. The van der Waals surface area contributed by atoms with Gasteiger partial charge in [0.25, 0.3) is 5.91 Å². The van der Waals surface area contributed by atoms with E-state index in [0.29, 0.717) is 11.8 Å². The number of furan rings is 1. The van der Waals surface area contributed by atoms with Crippen LogP contribution in [0.15, 0.2) is 22.8 Å². The minimum atomic E-state index is -0.827. The first-order valence-corrected chi connectivity index (χ1v) is 7.54. The molecule has 4 atom stereocenters. The molecule has 0 radical (unpaired) electrons. The highest BCUT2D eigenvalue weighted by Crippen LogP contribution is 2.29. The summed E-state index contributed by atoms with van der Waals surface area (Å²) in [7, 11) is 0. The van der Waals surface area contributed by atoms with E-state index in [1.54, 1.807) is 13.0 Å². The zero-order chi connectivity index (χ0) is 15.4. The first kappa shape index (κ1) is 15.6. The molecule has 1 aromatic rings. The summed E-state index contributed by atoms with van der Waals surface area (Å²) < 4.78 is 10.1. The summed E-state index contributed by atoms with van der Waals surface area (Å²) in [6, 6.07) is 3.27. The monoisotopic (exact) mass is 293 g/mol. The Labute approximate surface area is 125 Å². The van der Waals surface area contributed by atoms with Crippen molar-refractivity contribution < 1.29 is 18.7 Å². The van der Waals surface area contributed by atoms with Gasteiger partial charge in [-0.3, -0.25) is 4.79 Å². The van der Waals surface area contributed by atoms with Gasteiger partial charge in [-0.15, -0.1) is 0 Å². The molecule has 1 fully saturated rings. The van der Waals surface area contributed by atoms with E-state index in [1.165, 1.54) is 18.8 Å². The van der Waals surface area contributed by atoms with Gasteiger partial charge in [0.05, 0.1) is 6.26 Å². The summed E-state index contributed by atoms with van der Waals surface area (Å²) in [4.78, 5) is 23.9. The summed E-state index contributed by atoms with van der Waals surface area (Å²) in [5.41, 5.74) is 0. The molecule has 1 amide bonds. The van der Waals surface area contributed by atoms with E-state index in [9.17, 15) is 9.59 Å². The molecule has 1 aliphatic carbocycles. The topological polar surface area (TPSA) is 68.5 Å². The van der Waals surface area contributed by atoms with Gasteiger partial charge < -0.3 is 14.5 Å². The highest BCUT2D eigenvalue weighted by Gasteiger charge is 2.30. The van der Waals surface area contributed by atoms with Crippen LogP contribution in [0.25, 0.3) is 0 Å². The number of rotatable bonds is 4. The molecule has 0 bridgehead atoms. The quantitative estimate of drug-likeness (QED) is 0.867. The third-order valence-electron chi connectivity index (χ3n) is 4.41. The summed E-state index contributed by atoms with van der Waals surface area (Å²) in [6.45, 7) is 5.95. The van der Waals surface area contributed by atoms with Gasteiger partial charge in [-0.2, -0.15) is 0 Å². The van der Waals surface area contributed by atoms with Crippen molar-refractivity contribution in [3.63, 3.8) is 0 Å². The Hall–Kier alpha value is -1.78. The van der Waals surface area contributed by atoms with Crippen molar-refractivity contribution in [1.82, 2.24) is 5.32 Å². The van der Waals surface area contributed by atoms with Gasteiger partial charge in [0.1, 0.15) is 0 Å². The van der Waals surface area contributed by atoms with Crippen LogP contribution in [0, 0.1) is 11.8 Å². The predicted octanol–water partition coefficient (Wildman–Crippen LogP) is 2.77. The molecule has 1 aromatic heterocycles. The molecule has 21 heavy (non-hydrogen) atoms. The van der Waals surface area contributed by atoms with Crippen LogP contribution in [0.4, 0.5) is 0 Å². The maximum absolute atomic E-state index is 12.1. The van der Waals surface area contributed by atoms with Crippen LogP contribution in [-0.2, 0) is 9.53 Å². The number of ether oxygens (including phenoxy) is 1. The van der Waals surface area contributed by atoms with Crippen molar-refractivity contribution in [2.45, 2.75) is 52.2 Å². The van der Waals surface area contributed by atoms with Crippen LogP contribution in [-0.4, -0.2) is 24.0 Å². The summed E-state index contributed by atoms with van der Waals surface area (Å²) in [5, 5.41) is 3.00. The molecular formula is C16H23NO4. The fourth-order valence-electron chi connectivity index (χ4n) is 2.75. The molecule has 0 saturated heterocycles. The van der Waals surface area contributed by atoms with E-state index in [-0.39, 0.29) is 17.7 Å². The lowest BCUT2D eigenvalue weighted by molar-refractivity contribution is -0.130. The normalized spacial score (nSPS) is 26.9. The lowest BCUT2D eigenvalue weighted by atomic mass is 9.78. The molecule has 0 aromatic carbocycles. The van der Waals surface area contributed by atoms with E-state index in [1.807, 2.05) is 0 Å². The first-order valence-electron chi connectivity index (χ1n) is 7.54. The molecule has 1 aliphatic rings. The number of carbonyl (C=O) groups excluding carboxylic acids is 2. The number of amides is 1. The zero-order valence-corrected chi connectivity index (χ0v) is 12.8. The van der Waals surface area contributed by atoms with Crippen LogP contribution < -0.4 is 5.32 Å². The van der Waals surface area contributed by atoms with E-state index >= 15 is 0 Å². The Bertz CT molecular complexity index is 482. The van der Waals surface area contributed by atoms with Crippen molar-refractivity contribution in [3.8, 4) is 0 Å². The first-order chi connectivity index (χ1) is 9.99. The number of hydrogen-bond donors (Lipinski definition) is 1. The average Bonchev–Trinajstić information content (AvgIpc) is 2.98. The third kappa shape index (κ3) is 3.86. The summed E-state index contributed by atoms with van der Waals surface area (Å²) in [6.07, 6.45) is 3.88. The molecule has 2 rings (SSSR count). The number of carbonyl (C=O) groups is 2. The third-order valence-corrected chi connectivity index (χ3v) is 4.41. The molecule has 0 unspecified atom stereocenters. The minimum Gasteiger partial charge on any atom is -0.457 e. The molecule has 1 N–H and O–H groups in total. The Balaban J connectivity index is 1.86. The van der Waals surface area contributed by atoms with Crippen LogP contribution in [0.5, 0.6) is 0 Å². The second-order valence-electron chi connectivity index (χ2n) is 5.91. The smallest absolute Gasteiger partial charge is 0.374 e. The second kappa shape index (κ2) is 6.78. The van der Waals surface area contributed by atoms with Crippen molar-refractivity contribution in [3.05, 3.63) is 24.2 Å². The summed E-state index contributed by atoms with van der Waals surface area (Å²) >= 11 is 0. The lowest BCUT2D eigenvalue weighted by Gasteiger charge is -2.35. The van der Waals surface area contributed by atoms with Crippen molar-refractivity contribution in [2.24, 2.45) is 11.8 Å². The molecule has 5 nitrogen and oxygen atoms in total. The van der Waals surface area contributed by atoms with Gasteiger partial charge >= 0.3 is 5.97 Å². The number of esters is 1. The second-order valence-corrected chi connectivity index (χ2v) is 5.91.